The zero-order valence-electron chi connectivity index (χ0n) is 34.4. The Morgan fingerprint density at radius 1 is 0.509 bits per heavy atom. The van der Waals surface area contributed by atoms with Crippen LogP contribution in [0.25, 0.3) is 0 Å². The lowest BCUT2D eigenvalue weighted by Gasteiger charge is -2.14. The second-order valence-corrected chi connectivity index (χ2v) is 14.9. The molecule has 0 aromatic rings. The van der Waals surface area contributed by atoms with Gasteiger partial charge >= 0.3 is 11.9 Å². The molecule has 0 aromatic heterocycles. The van der Waals surface area contributed by atoms with Crippen molar-refractivity contribution in [3.63, 3.8) is 0 Å². The van der Waals surface area contributed by atoms with Gasteiger partial charge in [-0.3, -0.25) is 0 Å². The van der Waals surface area contributed by atoms with Crippen molar-refractivity contribution in [3.05, 3.63) is 23.3 Å². The number of carbonyl (C=O) groups excluding carboxylic acids is 2. The van der Waals surface area contributed by atoms with E-state index in [9.17, 15) is 35.1 Å². The fourth-order valence-corrected chi connectivity index (χ4v) is 6.09. The molecule has 2 aliphatic rings. The van der Waals surface area contributed by atoms with Crippen LogP contribution >= 0.6 is 0 Å². The van der Waals surface area contributed by atoms with Crippen LogP contribution in [-0.2, 0) is 38.0 Å². The standard InChI is InChI=1S/C21H38O7.C21H38O6/c1-3-4-7-19(23)14-26-10-11-27-15-20(24)9-6-5-8-18(22)13-17-12-16(2)28-21(17)25;1-3-4-10-19(22)15-25-12-13-26-16-20(23)11-8-6-5-7-9-18-14-17(2)27-21(18)24/h12,16,18-20,22-24H,3-11,13-15H2,1-2H3;14,17,19-20,22-23H,3-13,15-16H2,1-2H3/t16-,18+,19-,20-;17-,19?,20?/m00/s1. The SMILES string of the molecule is CCCCC(O)COCCOCC(O)CCCCCCC1=C[C@H](C)OC1=O.CCCC[C@H](O)COCCOC[C@@H](O)CCCC[C@@H](O)CC1=C[C@H](C)OC1=O. The summed E-state index contributed by atoms with van der Waals surface area (Å²) in [6, 6.07) is 0. The summed E-state index contributed by atoms with van der Waals surface area (Å²) in [5.41, 5.74) is 1.35. The van der Waals surface area contributed by atoms with Gasteiger partial charge in [0, 0.05) is 17.6 Å². The van der Waals surface area contributed by atoms with E-state index in [0.29, 0.717) is 71.1 Å². The summed E-state index contributed by atoms with van der Waals surface area (Å²) in [6.45, 7) is 10.7. The minimum Gasteiger partial charge on any atom is -0.455 e. The number of unbranched alkanes of at least 4 members (excludes halogenated alkanes) is 6. The Hall–Kier alpha value is -1.94. The van der Waals surface area contributed by atoms with Gasteiger partial charge in [-0.25, -0.2) is 9.59 Å². The predicted molar refractivity (Wildman–Crippen MR) is 210 cm³/mol. The smallest absolute Gasteiger partial charge is 0.334 e. The molecule has 5 N–H and O–H groups in total. The zero-order chi connectivity index (χ0) is 40.7. The van der Waals surface area contributed by atoms with E-state index in [2.05, 4.69) is 13.8 Å². The quantitative estimate of drug-likeness (QED) is 0.0420. The number of esters is 2. The summed E-state index contributed by atoms with van der Waals surface area (Å²) in [6.07, 6.45) is 15.2. The summed E-state index contributed by atoms with van der Waals surface area (Å²) >= 11 is 0. The Labute approximate surface area is 330 Å². The third-order valence-electron chi connectivity index (χ3n) is 9.26. The molecule has 2 rings (SSSR count). The first kappa shape index (κ1) is 51.1. The molecule has 2 aliphatic heterocycles. The molecule has 0 aliphatic carbocycles. The minimum absolute atomic E-state index is 0.0841. The van der Waals surface area contributed by atoms with E-state index in [4.69, 9.17) is 28.4 Å². The summed E-state index contributed by atoms with van der Waals surface area (Å²) in [5.74, 6) is -0.506. The van der Waals surface area contributed by atoms with Crippen LogP contribution in [0.5, 0.6) is 0 Å². The highest BCUT2D eigenvalue weighted by molar-refractivity contribution is 5.91. The fraction of sp³-hybridized carbons (Fsp3) is 0.857. The van der Waals surface area contributed by atoms with Crippen molar-refractivity contribution in [2.45, 2.75) is 180 Å². The molecular weight excluding hydrogens is 712 g/mol. The highest BCUT2D eigenvalue weighted by Gasteiger charge is 2.24. The second kappa shape index (κ2) is 33.1. The Kier molecular flexibility index (Phi) is 30.7. The van der Waals surface area contributed by atoms with Crippen LogP contribution in [0.4, 0.5) is 0 Å². The lowest BCUT2D eigenvalue weighted by atomic mass is 10.0. The van der Waals surface area contributed by atoms with E-state index in [-0.39, 0.29) is 30.8 Å². The van der Waals surface area contributed by atoms with Gasteiger partial charge in [-0.15, -0.1) is 0 Å². The van der Waals surface area contributed by atoms with Crippen LogP contribution in [0.2, 0.25) is 0 Å². The first-order valence-electron chi connectivity index (χ1n) is 21.0. The molecule has 2 heterocycles. The first-order valence-corrected chi connectivity index (χ1v) is 21.0. The van der Waals surface area contributed by atoms with Crippen LogP contribution in [0, 0.1) is 0 Å². The number of aliphatic hydroxyl groups excluding tert-OH is 5. The molecule has 0 fully saturated rings. The number of ether oxygens (including phenoxy) is 6. The Bertz CT molecular complexity index is 1030. The molecule has 55 heavy (non-hydrogen) atoms. The molecule has 0 bridgehead atoms. The van der Waals surface area contributed by atoms with Gasteiger partial charge in [-0.1, -0.05) is 71.6 Å². The van der Waals surface area contributed by atoms with E-state index >= 15 is 0 Å². The average molecular weight is 789 g/mol. The molecule has 7 atom stereocenters. The average Bonchev–Trinajstić information content (AvgIpc) is 3.65. The molecule has 0 saturated heterocycles. The molecule has 0 aromatic carbocycles. The molecule has 0 amide bonds. The van der Waals surface area contributed by atoms with Gasteiger partial charge in [-0.05, 0) is 70.9 Å². The molecule has 0 saturated carbocycles. The maximum atomic E-state index is 11.5. The molecule has 2 unspecified atom stereocenters. The summed E-state index contributed by atoms with van der Waals surface area (Å²) in [7, 11) is 0. The Morgan fingerprint density at radius 2 is 0.855 bits per heavy atom. The molecular formula is C42H76O13. The lowest BCUT2D eigenvalue weighted by molar-refractivity contribution is -0.140. The normalized spacial score (nSPS) is 19.5. The van der Waals surface area contributed by atoms with E-state index in [1.165, 1.54) is 0 Å². The highest BCUT2D eigenvalue weighted by atomic mass is 16.6. The van der Waals surface area contributed by atoms with Gasteiger partial charge in [0.1, 0.15) is 12.2 Å². The number of rotatable bonds is 34. The summed E-state index contributed by atoms with van der Waals surface area (Å²) < 4.78 is 31.6. The van der Waals surface area contributed by atoms with Crippen molar-refractivity contribution < 1.29 is 63.5 Å². The van der Waals surface area contributed by atoms with Gasteiger partial charge in [0.2, 0.25) is 0 Å². The van der Waals surface area contributed by atoms with Crippen LogP contribution in [-0.4, -0.2) is 133 Å². The van der Waals surface area contributed by atoms with Crippen molar-refractivity contribution in [3.8, 4) is 0 Å². The molecule has 13 heteroatoms. The van der Waals surface area contributed by atoms with Crippen molar-refractivity contribution in [1.82, 2.24) is 0 Å². The van der Waals surface area contributed by atoms with Gasteiger partial charge < -0.3 is 54.0 Å². The van der Waals surface area contributed by atoms with Crippen molar-refractivity contribution in [2.75, 3.05) is 52.9 Å². The lowest BCUT2D eigenvalue weighted by Crippen LogP contribution is -2.20. The molecule has 0 spiro atoms. The Morgan fingerprint density at radius 3 is 1.24 bits per heavy atom. The molecule has 0 radical (unpaired) electrons. The first-order chi connectivity index (χ1) is 26.4. The Balaban J connectivity index is 0.000000550. The highest BCUT2D eigenvalue weighted by Crippen LogP contribution is 2.21. The molecule has 322 valence electrons. The zero-order valence-corrected chi connectivity index (χ0v) is 34.4. The third kappa shape index (κ3) is 28.2. The van der Waals surface area contributed by atoms with Crippen LogP contribution < -0.4 is 0 Å². The van der Waals surface area contributed by atoms with E-state index in [1.54, 1.807) is 13.0 Å². The fourth-order valence-electron chi connectivity index (χ4n) is 6.09. The number of hydrogen-bond donors (Lipinski definition) is 5. The van der Waals surface area contributed by atoms with Crippen molar-refractivity contribution >= 4 is 11.9 Å². The van der Waals surface area contributed by atoms with Crippen molar-refractivity contribution in [1.29, 1.82) is 0 Å². The second-order valence-electron chi connectivity index (χ2n) is 14.9. The van der Waals surface area contributed by atoms with E-state index in [0.717, 1.165) is 95.5 Å². The maximum absolute atomic E-state index is 11.5. The van der Waals surface area contributed by atoms with Gasteiger partial charge in [0.25, 0.3) is 0 Å². The maximum Gasteiger partial charge on any atom is 0.334 e. The van der Waals surface area contributed by atoms with Gasteiger partial charge in [0.15, 0.2) is 0 Å². The summed E-state index contributed by atoms with van der Waals surface area (Å²) in [4.78, 5) is 23.0. The number of carbonyl (C=O) groups is 2. The van der Waals surface area contributed by atoms with E-state index < -0.39 is 30.5 Å². The number of hydrogen-bond acceptors (Lipinski definition) is 13. The van der Waals surface area contributed by atoms with Crippen LogP contribution in [0.15, 0.2) is 23.3 Å². The minimum atomic E-state index is -0.567. The third-order valence-corrected chi connectivity index (χ3v) is 9.26. The summed E-state index contributed by atoms with van der Waals surface area (Å²) in [5, 5.41) is 49.1. The van der Waals surface area contributed by atoms with Crippen LogP contribution in [0.3, 0.4) is 0 Å². The van der Waals surface area contributed by atoms with Gasteiger partial charge in [0.05, 0.1) is 83.4 Å². The predicted octanol–water partition coefficient (Wildman–Crippen LogP) is 5.26. The van der Waals surface area contributed by atoms with Gasteiger partial charge in [-0.2, -0.15) is 0 Å². The molecule has 13 nitrogen and oxygen atoms in total. The number of cyclic esters (lactones) is 2. The monoisotopic (exact) mass is 789 g/mol. The topological polar surface area (TPSA) is 191 Å². The van der Waals surface area contributed by atoms with Crippen LogP contribution in [0.1, 0.15) is 137 Å². The largest absolute Gasteiger partial charge is 0.455 e. The number of aliphatic hydroxyl groups is 5. The van der Waals surface area contributed by atoms with E-state index in [1.807, 2.05) is 13.0 Å². The van der Waals surface area contributed by atoms with Crippen molar-refractivity contribution in [2.24, 2.45) is 0 Å².